The monoisotopic (exact) mass is 389 g/mol. The molecule has 5 rings (SSSR count). The molecule has 3 aromatic rings. The molecule has 4 heterocycles. The van der Waals surface area contributed by atoms with Crippen molar-refractivity contribution in [2.45, 2.75) is 32.5 Å². The minimum atomic E-state index is -0.542. The lowest BCUT2D eigenvalue weighted by Gasteiger charge is -2.22. The smallest absolute Gasteiger partial charge is 0.298 e. The van der Waals surface area contributed by atoms with Gasteiger partial charge in [0.1, 0.15) is 5.82 Å². The van der Waals surface area contributed by atoms with Crippen molar-refractivity contribution >= 4 is 0 Å². The van der Waals surface area contributed by atoms with Crippen molar-refractivity contribution in [1.29, 1.82) is 0 Å². The molecule has 7 nitrogen and oxygen atoms in total. The Labute approximate surface area is 168 Å². The predicted molar refractivity (Wildman–Crippen MR) is 109 cm³/mol. The Morgan fingerprint density at radius 3 is 2.55 bits per heavy atom. The van der Waals surface area contributed by atoms with E-state index in [2.05, 4.69) is 21.0 Å². The molecule has 2 aliphatic heterocycles. The summed E-state index contributed by atoms with van der Waals surface area (Å²) in [6.45, 7) is 3.64. The van der Waals surface area contributed by atoms with Crippen LogP contribution >= 0.6 is 0 Å². The van der Waals surface area contributed by atoms with Crippen LogP contribution in [0.1, 0.15) is 23.4 Å². The first-order valence-electron chi connectivity index (χ1n) is 9.98. The van der Waals surface area contributed by atoms with Crippen LogP contribution in [0.4, 0.5) is 0 Å². The van der Waals surface area contributed by atoms with E-state index >= 15 is 0 Å². The van der Waals surface area contributed by atoms with Crippen LogP contribution in [0.15, 0.2) is 64.4 Å². The summed E-state index contributed by atoms with van der Waals surface area (Å²) in [5.74, 6) is 0.730. The lowest BCUT2D eigenvalue weighted by atomic mass is 9.86. The van der Waals surface area contributed by atoms with Gasteiger partial charge in [-0.15, -0.1) is 0 Å². The van der Waals surface area contributed by atoms with Gasteiger partial charge in [-0.05, 0) is 30.2 Å². The van der Waals surface area contributed by atoms with Gasteiger partial charge in [-0.2, -0.15) is 5.10 Å². The minimum Gasteiger partial charge on any atom is -0.298 e. The number of fused-ring (bicyclic) bond motifs is 1. The van der Waals surface area contributed by atoms with E-state index in [1.54, 1.807) is 10.8 Å². The first kappa shape index (κ1) is 18.0. The molecule has 29 heavy (non-hydrogen) atoms. The fourth-order valence-corrected chi connectivity index (χ4v) is 4.65. The summed E-state index contributed by atoms with van der Waals surface area (Å²) in [5.41, 5.74) is 1.15. The molecule has 0 radical (unpaired) electrons. The van der Waals surface area contributed by atoms with Gasteiger partial charge in [0, 0.05) is 43.9 Å². The van der Waals surface area contributed by atoms with E-state index in [4.69, 9.17) is 0 Å². The Kier molecular flexibility index (Phi) is 4.39. The van der Waals surface area contributed by atoms with Crippen LogP contribution in [0.2, 0.25) is 0 Å². The van der Waals surface area contributed by atoms with Crippen LogP contribution in [-0.2, 0) is 26.1 Å². The number of hydrogen-bond donors (Lipinski definition) is 0. The third-order valence-corrected chi connectivity index (χ3v) is 6.06. The zero-order valence-corrected chi connectivity index (χ0v) is 16.2. The van der Waals surface area contributed by atoms with Crippen molar-refractivity contribution < 1.29 is 0 Å². The van der Waals surface area contributed by atoms with E-state index in [0.717, 1.165) is 43.9 Å². The van der Waals surface area contributed by atoms with Gasteiger partial charge in [0.2, 0.25) is 0 Å². The fraction of sp³-hybridized carbons (Fsp3) is 0.364. The number of likely N-dealkylation sites (tertiary alicyclic amines) is 1. The van der Waals surface area contributed by atoms with Crippen molar-refractivity contribution in [3.63, 3.8) is 0 Å². The van der Waals surface area contributed by atoms with Crippen molar-refractivity contribution in [3.8, 4) is 0 Å². The highest BCUT2D eigenvalue weighted by Crippen LogP contribution is 2.39. The van der Waals surface area contributed by atoms with Crippen LogP contribution < -0.4 is 11.1 Å². The van der Waals surface area contributed by atoms with Gasteiger partial charge in [-0.3, -0.25) is 24.0 Å². The zero-order valence-electron chi connectivity index (χ0n) is 16.2. The summed E-state index contributed by atoms with van der Waals surface area (Å²) < 4.78 is 2.93. The first-order valence-corrected chi connectivity index (χ1v) is 9.98. The lowest BCUT2D eigenvalue weighted by Crippen LogP contribution is -2.43. The van der Waals surface area contributed by atoms with E-state index in [-0.39, 0.29) is 5.41 Å². The second kappa shape index (κ2) is 7.08. The van der Waals surface area contributed by atoms with Crippen molar-refractivity contribution in [2.24, 2.45) is 5.41 Å². The SMILES string of the molecule is O=c1c(=O)n2c(nn1Cc1ccccc1)C[C@@]1(CCN(Cc3cccnc3)C1)C2. The minimum absolute atomic E-state index is 0.0141. The molecule has 1 fully saturated rings. The number of nitrogens with zero attached hydrogens (tertiary/aromatic N) is 5. The molecular formula is C22H23N5O2. The molecule has 1 saturated heterocycles. The van der Waals surface area contributed by atoms with E-state index in [1.807, 2.05) is 42.6 Å². The molecule has 1 spiro atoms. The summed E-state index contributed by atoms with van der Waals surface area (Å²) in [7, 11) is 0. The standard InChI is InChI=1S/C22H23N5O2/c28-20-21(29)27(14-17-5-2-1-3-6-17)24-19-11-22(16-26(19)20)8-10-25(15-22)13-18-7-4-9-23-12-18/h1-7,9,12H,8,10-11,13-16H2/t22-/m1/s1. The fourth-order valence-electron chi connectivity index (χ4n) is 4.65. The Morgan fingerprint density at radius 2 is 1.76 bits per heavy atom. The topological polar surface area (TPSA) is 73.0 Å². The summed E-state index contributed by atoms with van der Waals surface area (Å²) in [6.07, 6.45) is 5.42. The van der Waals surface area contributed by atoms with Crippen molar-refractivity contribution in [3.05, 3.63) is 92.5 Å². The molecule has 2 aliphatic rings. The predicted octanol–water partition coefficient (Wildman–Crippen LogP) is 1.30. The Bertz CT molecular complexity index is 1140. The molecule has 0 amide bonds. The average Bonchev–Trinajstić information content (AvgIpc) is 3.30. The molecule has 1 atom stereocenters. The van der Waals surface area contributed by atoms with E-state index < -0.39 is 11.1 Å². The van der Waals surface area contributed by atoms with Crippen LogP contribution in [0.5, 0.6) is 0 Å². The summed E-state index contributed by atoms with van der Waals surface area (Å²) >= 11 is 0. The maximum absolute atomic E-state index is 12.8. The van der Waals surface area contributed by atoms with Gasteiger partial charge < -0.3 is 0 Å². The van der Waals surface area contributed by atoms with E-state index in [1.165, 1.54) is 10.2 Å². The maximum atomic E-state index is 12.8. The Balaban J connectivity index is 1.37. The second-order valence-corrected chi connectivity index (χ2v) is 8.25. The van der Waals surface area contributed by atoms with Crippen LogP contribution in [0.3, 0.4) is 0 Å². The number of benzene rings is 1. The molecule has 0 aliphatic carbocycles. The molecule has 148 valence electrons. The van der Waals surface area contributed by atoms with Gasteiger partial charge in [-0.1, -0.05) is 36.4 Å². The Morgan fingerprint density at radius 1 is 0.931 bits per heavy atom. The number of hydrogen-bond acceptors (Lipinski definition) is 5. The second-order valence-electron chi connectivity index (χ2n) is 8.25. The quantitative estimate of drug-likeness (QED) is 0.629. The summed E-state index contributed by atoms with van der Waals surface area (Å²) in [6, 6.07) is 13.7. The molecule has 0 saturated carbocycles. The van der Waals surface area contributed by atoms with Crippen LogP contribution in [0.25, 0.3) is 0 Å². The lowest BCUT2D eigenvalue weighted by molar-refractivity contribution is 0.246. The van der Waals surface area contributed by atoms with Gasteiger partial charge in [0.25, 0.3) is 0 Å². The van der Waals surface area contributed by atoms with Gasteiger partial charge >= 0.3 is 11.1 Å². The van der Waals surface area contributed by atoms with Gasteiger partial charge in [0.05, 0.1) is 6.54 Å². The van der Waals surface area contributed by atoms with Gasteiger partial charge in [-0.25, -0.2) is 4.68 Å². The van der Waals surface area contributed by atoms with E-state index in [0.29, 0.717) is 13.1 Å². The normalized spacial score (nSPS) is 21.0. The number of pyridine rings is 1. The van der Waals surface area contributed by atoms with E-state index in [9.17, 15) is 9.59 Å². The largest absolute Gasteiger partial charge is 0.332 e. The molecule has 2 aromatic heterocycles. The van der Waals surface area contributed by atoms with Gasteiger partial charge in [0.15, 0.2) is 0 Å². The number of rotatable bonds is 4. The molecular weight excluding hydrogens is 366 g/mol. The molecule has 1 aromatic carbocycles. The van der Waals surface area contributed by atoms with Crippen LogP contribution in [-0.4, -0.2) is 37.3 Å². The average molecular weight is 389 g/mol. The molecule has 0 bridgehead atoms. The van der Waals surface area contributed by atoms with Crippen molar-refractivity contribution in [2.75, 3.05) is 13.1 Å². The Hall–Kier alpha value is -3.06. The molecule has 0 N–H and O–H groups in total. The summed E-state index contributed by atoms with van der Waals surface area (Å²) in [4.78, 5) is 31.9. The molecule has 0 unspecified atom stereocenters. The highest BCUT2D eigenvalue weighted by atomic mass is 16.2. The zero-order chi connectivity index (χ0) is 19.8. The maximum Gasteiger partial charge on any atom is 0.332 e. The van der Waals surface area contributed by atoms with Crippen LogP contribution in [0, 0.1) is 5.41 Å². The first-order chi connectivity index (χ1) is 14.1. The number of aromatic nitrogens is 4. The third kappa shape index (κ3) is 3.42. The highest BCUT2D eigenvalue weighted by Gasteiger charge is 2.44. The molecule has 7 heteroatoms. The highest BCUT2D eigenvalue weighted by molar-refractivity contribution is 5.15. The summed E-state index contributed by atoms with van der Waals surface area (Å²) in [5, 5.41) is 4.58. The third-order valence-electron chi connectivity index (χ3n) is 6.06. The van der Waals surface area contributed by atoms with Crippen molar-refractivity contribution in [1.82, 2.24) is 24.2 Å².